The quantitative estimate of drug-likeness (QED) is 0.835. The monoisotopic (exact) mass is 309 g/mol. The third-order valence-corrected chi connectivity index (χ3v) is 4.84. The van der Waals surface area contributed by atoms with Crippen molar-refractivity contribution < 1.29 is 9.53 Å². The predicted molar refractivity (Wildman–Crippen MR) is 82.8 cm³/mol. The van der Waals surface area contributed by atoms with Crippen LogP contribution in [0.2, 0.25) is 5.02 Å². The summed E-state index contributed by atoms with van der Waals surface area (Å²) in [5.74, 6) is 0.871. The molecule has 5 nitrogen and oxygen atoms in total. The molecule has 2 bridgehead atoms. The third-order valence-electron chi connectivity index (χ3n) is 4.51. The fraction of sp³-hybridized carbons (Fsp3) is 0.533. The minimum Gasteiger partial charge on any atom is -0.496 e. The third kappa shape index (κ3) is 2.80. The number of ether oxygens (including phenoxy) is 1. The molecule has 3 rings (SSSR count). The van der Waals surface area contributed by atoms with Gasteiger partial charge in [0, 0.05) is 25.2 Å². The first kappa shape index (κ1) is 14.5. The van der Waals surface area contributed by atoms with Crippen molar-refractivity contribution in [1.29, 1.82) is 0 Å². The molecule has 1 aromatic carbocycles. The number of halogens is 1. The minimum atomic E-state index is -0.140. The smallest absolute Gasteiger partial charge is 0.255 e. The van der Waals surface area contributed by atoms with E-state index in [-0.39, 0.29) is 11.9 Å². The highest BCUT2D eigenvalue weighted by molar-refractivity contribution is 6.33. The van der Waals surface area contributed by atoms with E-state index in [0.717, 1.165) is 32.5 Å². The summed E-state index contributed by atoms with van der Waals surface area (Å²) in [6, 6.07) is 3.40. The number of hydrogen-bond acceptors (Lipinski definition) is 4. The lowest BCUT2D eigenvalue weighted by Crippen LogP contribution is -2.46. The number of amides is 1. The van der Waals surface area contributed by atoms with E-state index in [0.29, 0.717) is 27.9 Å². The molecule has 6 heteroatoms. The Balaban J connectivity index is 1.77. The zero-order chi connectivity index (χ0) is 15.0. The molecule has 21 heavy (non-hydrogen) atoms. The Kier molecular flexibility index (Phi) is 3.95. The minimum absolute atomic E-state index is 0.140. The molecular formula is C15H20ClN3O2. The van der Waals surface area contributed by atoms with Crippen LogP contribution in [0.15, 0.2) is 12.1 Å². The van der Waals surface area contributed by atoms with E-state index in [1.807, 2.05) is 0 Å². The van der Waals surface area contributed by atoms with Crippen LogP contribution in [0.5, 0.6) is 5.75 Å². The highest BCUT2D eigenvalue weighted by Gasteiger charge is 2.35. The lowest BCUT2D eigenvalue weighted by Gasteiger charge is -2.31. The SMILES string of the molecule is COc1cc(N)c(Cl)cc1C(=O)NC1CCN2CCC1C2. The van der Waals surface area contributed by atoms with E-state index >= 15 is 0 Å². The topological polar surface area (TPSA) is 67.6 Å². The molecule has 0 aliphatic carbocycles. The second-order valence-corrected chi connectivity index (χ2v) is 6.20. The van der Waals surface area contributed by atoms with E-state index < -0.39 is 0 Å². The van der Waals surface area contributed by atoms with Crippen LogP contribution in [0, 0.1) is 5.92 Å². The number of nitrogens with zero attached hydrogens (tertiary/aromatic N) is 1. The van der Waals surface area contributed by atoms with Crippen LogP contribution < -0.4 is 15.8 Å². The van der Waals surface area contributed by atoms with Crippen LogP contribution in [0.4, 0.5) is 5.69 Å². The van der Waals surface area contributed by atoms with Gasteiger partial charge in [-0.05, 0) is 31.4 Å². The Morgan fingerprint density at radius 2 is 2.19 bits per heavy atom. The number of carbonyl (C=O) groups excluding carboxylic acids is 1. The second-order valence-electron chi connectivity index (χ2n) is 5.79. The summed E-state index contributed by atoms with van der Waals surface area (Å²) in [6.07, 6.45) is 2.16. The molecule has 2 saturated heterocycles. The van der Waals surface area contributed by atoms with E-state index in [1.54, 1.807) is 12.1 Å². The van der Waals surface area contributed by atoms with Gasteiger partial charge >= 0.3 is 0 Å². The lowest BCUT2D eigenvalue weighted by atomic mass is 9.94. The first-order valence-electron chi connectivity index (χ1n) is 7.24. The Labute approximate surface area is 129 Å². The van der Waals surface area contributed by atoms with Gasteiger partial charge < -0.3 is 20.7 Å². The first-order valence-corrected chi connectivity index (χ1v) is 7.62. The molecule has 3 unspecified atom stereocenters. The summed E-state index contributed by atoms with van der Waals surface area (Å²) in [7, 11) is 1.52. The van der Waals surface area contributed by atoms with Crippen molar-refractivity contribution in [2.45, 2.75) is 18.9 Å². The van der Waals surface area contributed by atoms with Crippen LogP contribution in [0.3, 0.4) is 0 Å². The molecule has 2 aliphatic rings. The summed E-state index contributed by atoms with van der Waals surface area (Å²) in [6.45, 7) is 3.29. The highest BCUT2D eigenvalue weighted by atomic mass is 35.5. The van der Waals surface area contributed by atoms with Crippen molar-refractivity contribution in [3.63, 3.8) is 0 Å². The molecular weight excluding hydrogens is 290 g/mol. The van der Waals surface area contributed by atoms with Gasteiger partial charge in [-0.3, -0.25) is 4.79 Å². The molecule has 1 amide bonds. The van der Waals surface area contributed by atoms with E-state index in [1.165, 1.54) is 7.11 Å². The van der Waals surface area contributed by atoms with Crippen LogP contribution in [0.25, 0.3) is 0 Å². The zero-order valence-corrected chi connectivity index (χ0v) is 12.8. The van der Waals surface area contributed by atoms with Gasteiger partial charge in [0.05, 0.1) is 23.4 Å². The summed E-state index contributed by atoms with van der Waals surface area (Å²) in [5.41, 5.74) is 6.60. The maximum Gasteiger partial charge on any atom is 0.255 e. The van der Waals surface area contributed by atoms with Gasteiger partial charge in [0.2, 0.25) is 0 Å². The number of fused-ring (bicyclic) bond motifs is 2. The first-order chi connectivity index (χ1) is 10.1. The highest BCUT2D eigenvalue weighted by Crippen LogP contribution is 2.30. The van der Waals surface area contributed by atoms with Crippen LogP contribution in [0.1, 0.15) is 23.2 Å². The number of nitrogens with one attached hydrogen (secondary N) is 1. The van der Waals surface area contributed by atoms with Crippen molar-refractivity contribution in [1.82, 2.24) is 10.2 Å². The number of anilines is 1. The number of nitrogen functional groups attached to an aromatic ring is 1. The predicted octanol–water partition coefficient (Wildman–Crippen LogP) is 1.75. The largest absolute Gasteiger partial charge is 0.496 e. The molecule has 2 fully saturated rings. The van der Waals surface area contributed by atoms with Crippen molar-refractivity contribution in [2.24, 2.45) is 5.92 Å². The molecule has 0 aromatic heterocycles. The summed E-state index contributed by atoms with van der Waals surface area (Å²) in [4.78, 5) is 15.0. The van der Waals surface area contributed by atoms with E-state index in [9.17, 15) is 4.79 Å². The Hall–Kier alpha value is -1.46. The lowest BCUT2D eigenvalue weighted by molar-refractivity contribution is 0.0901. The second kappa shape index (κ2) is 5.73. The van der Waals surface area contributed by atoms with Crippen LogP contribution in [-0.4, -0.2) is 43.6 Å². The van der Waals surface area contributed by atoms with Crippen molar-refractivity contribution in [3.8, 4) is 5.75 Å². The van der Waals surface area contributed by atoms with Crippen molar-refractivity contribution >= 4 is 23.2 Å². The summed E-state index contributed by atoms with van der Waals surface area (Å²) in [5, 5.41) is 3.51. The fourth-order valence-electron chi connectivity index (χ4n) is 3.30. The number of benzene rings is 1. The van der Waals surface area contributed by atoms with Gasteiger partial charge in [0.1, 0.15) is 5.75 Å². The average Bonchev–Trinajstić information content (AvgIpc) is 2.87. The summed E-state index contributed by atoms with van der Waals surface area (Å²) < 4.78 is 5.25. The molecule has 0 saturated carbocycles. The van der Waals surface area contributed by atoms with Crippen molar-refractivity contribution in [2.75, 3.05) is 32.5 Å². The average molecular weight is 310 g/mol. The standard InChI is InChI=1S/C15H20ClN3O2/c1-21-14-7-12(17)11(16)6-10(14)15(20)18-13-3-5-19-4-2-9(13)8-19/h6-7,9,13H,2-5,8,17H2,1H3,(H,18,20). The Morgan fingerprint density at radius 1 is 1.43 bits per heavy atom. The van der Waals surface area contributed by atoms with E-state index in [2.05, 4.69) is 10.2 Å². The molecule has 2 heterocycles. The number of rotatable bonds is 3. The summed E-state index contributed by atoms with van der Waals surface area (Å²) >= 11 is 6.03. The molecule has 0 spiro atoms. The molecule has 114 valence electrons. The van der Waals surface area contributed by atoms with Crippen LogP contribution in [-0.2, 0) is 0 Å². The van der Waals surface area contributed by atoms with Gasteiger partial charge in [-0.15, -0.1) is 0 Å². The number of hydrogen-bond donors (Lipinski definition) is 2. The molecule has 2 aliphatic heterocycles. The molecule has 0 radical (unpaired) electrons. The van der Waals surface area contributed by atoms with E-state index in [4.69, 9.17) is 22.1 Å². The van der Waals surface area contributed by atoms with Gasteiger partial charge in [0.25, 0.3) is 5.91 Å². The van der Waals surface area contributed by atoms with Gasteiger partial charge in [0.15, 0.2) is 0 Å². The Bertz CT molecular complexity index is 564. The van der Waals surface area contributed by atoms with Gasteiger partial charge in [-0.1, -0.05) is 11.6 Å². The number of carbonyl (C=O) groups is 1. The maximum atomic E-state index is 12.5. The fourth-order valence-corrected chi connectivity index (χ4v) is 3.47. The normalized spacial score (nSPS) is 27.4. The molecule has 1 aromatic rings. The molecule has 3 atom stereocenters. The van der Waals surface area contributed by atoms with Gasteiger partial charge in [-0.2, -0.15) is 0 Å². The van der Waals surface area contributed by atoms with Gasteiger partial charge in [-0.25, -0.2) is 0 Å². The maximum absolute atomic E-state index is 12.5. The van der Waals surface area contributed by atoms with Crippen molar-refractivity contribution in [3.05, 3.63) is 22.7 Å². The van der Waals surface area contributed by atoms with Crippen LogP contribution >= 0.6 is 11.6 Å². The molecule has 3 N–H and O–H groups in total. The zero-order valence-electron chi connectivity index (χ0n) is 12.1. The number of nitrogens with two attached hydrogens (primary N) is 1. The number of piperidine rings is 1. The Morgan fingerprint density at radius 3 is 2.95 bits per heavy atom. The number of methoxy groups -OCH3 is 1.